The number of carbonyl (C=O) groups is 1. The Bertz CT molecular complexity index is 494. The normalized spacial score (nSPS) is 15.3. The molecular weight excluding hydrogens is 467 g/mol. The quantitative estimate of drug-likeness (QED) is 0.0695. The van der Waals surface area contributed by atoms with Crippen molar-refractivity contribution in [3.8, 4) is 0 Å². The SMILES string of the molecule is CCCCCCCCCCSC(CCCCCCCCC)C(C)OC(OCCC)([PH+]=O)C(=O)O. The maximum Gasteiger partial charge on any atom is 0.472 e. The Balaban J connectivity index is 4.70. The largest absolute Gasteiger partial charge is 0.474 e. The van der Waals surface area contributed by atoms with Gasteiger partial charge in [-0.2, -0.15) is 11.8 Å². The fraction of sp³-hybridized carbons (Fsp3) is 0.963. The third-order valence-corrected chi connectivity index (χ3v) is 8.54. The molecule has 0 aromatic rings. The summed E-state index contributed by atoms with van der Waals surface area (Å²) in [4.78, 5) is 11.9. The van der Waals surface area contributed by atoms with Crippen molar-refractivity contribution in [1.82, 2.24) is 0 Å². The summed E-state index contributed by atoms with van der Waals surface area (Å²) in [6.45, 7) is 8.51. The number of thioether (sulfide) groups is 1. The Hall–Kier alpha value is -0.160. The van der Waals surface area contributed by atoms with Gasteiger partial charge in [0.1, 0.15) is 0 Å². The van der Waals surface area contributed by atoms with E-state index in [0.29, 0.717) is 6.42 Å². The average Bonchev–Trinajstić information content (AvgIpc) is 2.83. The van der Waals surface area contributed by atoms with E-state index in [1.54, 1.807) is 0 Å². The van der Waals surface area contributed by atoms with E-state index < -0.39 is 20.0 Å². The fourth-order valence-corrected chi connectivity index (χ4v) is 5.87. The molecule has 0 saturated carbocycles. The van der Waals surface area contributed by atoms with Crippen LogP contribution in [0.3, 0.4) is 0 Å². The summed E-state index contributed by atoms with van der Waals surface area (Å²) < 4.78 is 23.2. The van der Waals surface area contributed by atoms with Crippen molar-refractivity contribution < 1.29 is 23.9 Å². The lowest BCUT2D eigenvalue weighted by Gasteiger charge is -2.28. The van der Waals surface area contributed by atoms with E-state index in [9.17, 15) is 14.5 Å². The second-order valence-electron chi connectivity index (χ2n) is 9.49. The summed E-state index contributed by atoms with van der Waals surface area (Å²) in [5.41, 5.74) is -2.05. The Morgan fingerprint density at radius 3 is 1.79 bits per heavy atom. The number of ether oxygens (including phenoxy) is 2. The van der Waals surface area contributed by atoms with Crippen molar-refractivity contribution in [2.45, 2.75) is 154 Å². The zero-order chi connectivity index (χ0) is 25.5. The molecule has 5 nitrogen and oxygen atoms in total. The van der Waals surface area contributed by atoms with Crippen LogP contribution in [0.25, 0.3) is 0 Å². The summed E-state index contributed by atoms with van der Waals surface area (Å²) in [5, 5.41) is 9.88. The number of carboxylic acid groups (broad SMARTS) is 1. The lowest BCUT2D eigenvalue weighted by atomic mass is 10.1. The van der Waals surface area contributed by atoms with Gasteiger partial charge in [0.05, 0.1) is 12.7 Å². The maximum atomic E-state index is 11.9. The molecule has 0 spiro atoms. The van der Waals surface area contributed by atoms with Crippen molar-refractivity contribution in [1.29, 1.82) is 0 Å². The first kappa shape index (κ1) is 33.8. The molecule has 0 heterocycles. The second kappa shape index (κ2) is 23.3. The summed E-state index contributed by atoms with van der Waals surface area (Å²) in [6.07, 6.45) is 20.4. The van der Waals surface area contributed by atoms with E-state index >= 15 is 0 Å². The summed E-state index contributed by atoms with van der Waals surface area (Å²) in [6, 6.07) is 0. The van der Waals surface area contributed by atoms with Crippen LogP contribution in [0.5, 0.6) is 0 Å². The first-order valence-electron chi connectivity index (χ1n) is 14.0. The van der Waals surface area contributed by atoms with Gasteiger partial charge >= 0.3 is 20.0 Å². The summed E-state index contributed by atoms with van der Waals surface area (Å²) >= 11 is 1.89. The molecule has 0 aliphatic carbocycles. The van der Waals surface area contributed by atoms with Crippen LogP contribution in [0.1, 0.15) is 137 Å². The maximum absolute atomic E-state index is 11.9. The van der Waals surface area contributed by atoms with Crippen molar-refractivity contribution in [3.05, 3.63) is 0 Å². The topological polar surface area (TPSA) is 72.8 Å². The number of unbranched alkanes of at least 4 members (excludes halogenated alkanes) is 13. The molecule has 34 heavy (non-hydrogen) atoms. The van der Waals surface area contributed by atoms with Crippen molar-refractivity contribution >= 4 is 26.2 Å². The van der Waals surface area contributed by atoms with Crippen molar-refractivity contribution in [2.75, 3.05) is 12.4 Å². The molecule has 0 saturated heterocycles. The molecule has 7 heteroatoms. The van der Waals surface area contributed by atoms with Crippen LogP contribution in [0, 0.1) is 0 Å². The van der Waals surface area contributed by atoms with Gasteiger partial charge in [0.15, 0.2) is 0 Å². The molecule has 0 rings (SSSR count). The molecule has 0 amide bonds. The summed E-state index contributed by atoms with van der Waals surface area (Å²) in [7, 11) is -1.20. The molecular formula is C27H54O5PS+. The highest BCUT2D eigenvalue weighted by Crippen LogP contribution is 2.33. The predicted molar refractivity (Wildman–Crippen MR) is 148 cm³/mol. The van der Waals surface area contributed by atoms with E-state index in [-0.39, 0.29) is 18.0 Å². The molecule has 0 aromatic heterocycles. The van der Waals surface area contributed by atoms with Gasteiger partial charge in [0.2, 0.25) is 0 Å². The van der Waals surface area contributed by atoms with Crippen LogP contribution >= 0.6 is 20.2 Å². The fourth-order valence-electron chi connectivity index (χ4n) is 4.05. The summed E-state index contributed by atoms with van der Waals surface area (Å²) in [5.74, 6) is -0.247. The second-order valence-corrected chi connectivity index (χ2v) is 11.7. The Kier molecular flexibility index (Phi) is 23.1. The molecule has 0 radical (unpaired) electrons. The van der Waals surface area contributed by atoms with Crippen molar-refractivity contribution in [3.63, 3.8) is 0 Å². The first-order chi connectivity index (χ1) is 16.5. The molecule has 0 aliphatic rings. The minimum atomic E-state index is -2.05. The lowest BCUT2D eigenvalue weighted by molar-refractivity contribution is -0.217. The number of hydrogen-bond acceptors (Lipinski definition) is 5. The zero-order valence-electron chi connectivity index (χ0n) is 22.6. The van der Waals surface area contributed by atoms with Crippen LogP contribution in [0.4, 0.5) is 0 Å². The smallest absolute Gasteiger partial charge is 0.472 e. The molecule has 0 bridgehead atoms. The first-order valence-corrected chi connectivity index (χ1v) is 16.0. The zero-order valence-corrected chi connectivity index (χ0v) is 24.4. The predicted octanol–water partition coefficient (Wildman–Crippen LogP) is 8.96. The van der Waals surface area contributed by atoms with Crippen LogP contribution < -0.4 is 0 Å². The standard InChI is InChI=1S/C27H53O5PS/c1-5-8-10-12-14-16-18-20-23-34-25(21-19-17-15-13-11-9-6-2)24(4)32-27(33-30,26(28)29)31-22-7-3/h24-25H,5-23H2,1-4H3,(H,28,29)/p+1. The average molecular weight is 522 g/mol. The van der Waals surface area contributed by atoms with Gasteiger partial charge in [0, 0.05) is 5.25 Å². The highest BCUT2D eigenvalue weighted by Gasteiger charge is 2.53. The van der Waals surface area contributed by atoms with Gasteiger partial charge in [-0.3, -0.25) is 4.74 Å². The van der Waals surface area contributed by atoms with Crippen LogP contribution in [0.15, 0.2) is 0 Å². The van der Waals surface area contributed by atoms with Gasteiger partial charge in [-0.25, -0.2) is 4.79 Å². The van der Waals surface area contributed by atoms with E-state index in [1.807, 2.05) is 25.6 Å². The lowest BCUT2D eigenvalue weighted by Crippen LogP contribution is -2.44. The Labute approximate surface area is 216 Å². The van der Waals surface area contributed by atoms with Gasteiger partial charge in [-0.15, -0.1) is 0 Å². The highest BCUT2D eigenvalue weighted by molar-refractivity contribution is 7.99. The monoisotopic (exact) mass is 521 g/mol. The molecule has 0 fully saturated rings. The molecule has 202 valence electrons. The van der Waals surface area contributed by atoms with Gasteiger partial charge < -0.3 is 9.84 Å². The Morgan fingerprint density at radius 2 is 1.32 bits per heavy atom. The van der Waals surface area contributed by atoms with Gasteiger partial charge in [-0.05, 0) is 31.9 Å². The van der Waals surface area contributed by atoms with E-state index in [2.05, 4.69) is 13.8 Å². The number of carboxylic acids is 1. The third-order valence-electron chi connectivity index (χ3n) is 6.22. The van der Waals surface area contributed by atoms with Crippen LogP contribution in [0.2, 0.25) is 0 Å². The van der Waals surface area contributed by atoms with E-state index in [1.165, 1.54) is 89.9 Å². The third kappa shape index (κ3) is 16.5. The number of aliphatic carboxylic acids is 1. The minimum Gasteiger partial charge on any atom is -0.474 e. The number of rotatable bonds is 26. The minimum absolute atomic E-state index is 0.181. The Morgan fingerprint density at radius 1 is 0.824 bits per heavy atom. The van der Waals surface area contributed by atoms with Crippen LogP contribution in [-0.2, 0) is 18.8 Å². The molecule has 0 aromatic carbocycles. The molecule has 1 N–H and O–H groups in total. The van der Waals surface area contributed by atoms with Crippen LogP contribution in [-0.4, -0.2) is 40.3 Å². The van der Waals surface area contributed by atoms with E-state index in [4.69, 9.17) is 9.47 Å². The number of hydrogen-bond donors (Lipinski definition) is 1. The van der Waals surface area contributed by atoms with Gasteiger partial charge in [-0.1, -0.05) is 115 Å². The van der Waals surface area contributed by atoms with Gasteiger partial charge in [0.25, 0.3) is 0 Å². The van der Waals surface area contributed by atoms with Crippen molar-refractivity contribution in [2.24, 2.45) is 0 Å². The molecule has 4 atom stereocenters. The molecule has 4 unspecified atom stereocenters. The molecule has 0 aliphatic heterocycles. The van der Waals surface area contributed by atoms with E-state index in [0.717, 1.165) is 18.6 Å². The highest BCUT2D eigenvalue weighted by atomic mass is 32.2.